The molecule has 0 saturated carbocycles. The Hall–Kier alpha value is -1.00. The lowest BCUT2D eigenvalue weighted by Crippen LogP contribution is -2.30. The monoisotopic (exact) mass is 285 g/mol. The minimum Gasteiger partial charge on any atom is -0.397 e. The lowest BCUT2D eigenvalue weighted by Gasteiger charge is -2.29. The minimum atomic E-state index is -0.472. The number of nitrogens with zero attached hydrogens (tertiary/aromatic N) is 1. The third kappa shape index (κ3) is 3.98. The molecule has 0 amide bonds. The Morgan fingerprint density at radius 2 is 2.11 bits per heavy atom. The molecular formula is C14H21ClFN3. The quantitative estimate of drug-likeness (QED) is 0.835. The smallest absolute Gasteiger partial charge is 0.143 e. The van der Waals surface area contributed by atoms with Gasteiger partial charge >= 0.3 is 0 Å². The second-order valence-corrected chi connectivity index (χ2v) is 5.72. The van der Waals surface area contributed by atoms with Gasteiger partial charge in [-0.1, -0.05) is 11.6 Å². The molecule has 0 bridgehead atoms. The van der Waals surface area contributed by atoms with E-state index in [1.807, 2.05) is 0 Å². The maximum Gasteiger partial charge on any atom is 0.143 e. The molecule has 0 aromatic heterocycles. The zero-order valence-corrected chi connectivity index (χ0v) is 12.0. The molecule has 1 fully saturated rings. The number of halogens is 2. The Morgan fingerprint density at radius 3 is 2.79 bits per heavy atom. The maximum absolute atomic E-state index is 13.2. The zero-order chi connectivity index (χ0) is 13.8. The highest BCUT2D eigenvalue weighted by molar-refractivity contribution is 6.31. The average molecular weight is 286 g/mol. The summed E-state index contributed by atoms with van der Waals surface area (Å²) in [7, 11) is 2.16. The molecule has 0 radical (unpaired) electrons. The van der Waals surface area contributed by atoms with Gasteiger partial charge in [-0.15, -0.1) is 0 Å². The standard InChI is InChI=1S/C14H21ClFN3/c1-19-6-3-10(4-7-19)2-5-18-14-8-11(15)12(16)9-13(14)17/h8-10,18H,2-7,17H2,1H3. The van der Waals surface area contributed by atoms with Crippen molar-refractivity contribution >= 4 is 23.0 Å². The van der Waals surface area contributed by atoms with Crippen LogP contribution in [0.4, 0.5) is 15.8 Å². The van der Waals surface area contributed by atoms with E-state index >= 15 is 0 Å². The van der Waals surface area contributed by atoms with E-state index in [-0.39, 0.29) is 5.02 Å². The summed E-state index contributed by atoms with van der Waals surface area (Å²) in [6.45, 7) is 3.20. The van der Waals surface area contributed by atoms with Gasteiger partial charge in [0, 0.05) is 12.6 Å². The van der Waals surface area contributed by atoms with E-state index < -0.39 is 5.82 Å². The van der Waals surface area contributed by atoms with Crippen LogP contribution in [0, 0.1) is 11.7 Å². The molecule has 1 saturated heterocycles. The Bertz CT molecular complexity index is 431. The van der Waals surface area contributed by atoms with E-state index in [0.717, 1.165) is 24.6 Å². The van der Waals surface area contributed by atoms with E-state index in [1.54, 1.807) is 6.07 Å². The minimum absolute atomic E-state index is 0.107. The molecule has 2 rings (SSSR count). The van der Waals surface area contributed by atoms with Crippen LogP contribution in [-0.2, 0) is 0 Å². The van der Waals surface area contributed by atoms with Crippen molar-refractivity contribution in [3.05, 3.63) is 23.0 Å². The van der Waals surface area contributed by atoms with Gasteiger partial charge < -0.3 is 16.0 Å². The van der Waals surface area contributed by atoms with Crippen molar-refractivity contribution in [2.75, 3.05) is 37.7 Å². The Labute approximate surface area is 118 Å². The summed E-state index contributed by atoms with van der Waals surface area (Å²) < 4.78 is 13.2. The van der Waals surface area contributed by atoms with Crippen molar-refractivity contribution in [3.63, 3.8) is 0 Å². The zero-order valence-electron chi connectivity index (χ0n) is 11.3. The molecule has 1 aromatic carbocycles. The number of hydrogen-bond acceptors (Lipinski definition) is 3. The van der Waals surface area contributed by atoms with Crippen LogP contribution in [0.3, 0.4) is 0 Å². The molecule has 5 heteroatoms. The number of benzene rings is 1. The fourth-order valence-corrected chi connectivity index (χ4v) is 2.64. The first-order chi connectivity index (χ1) is 9.06. The van der Waals surface area contributed by atoms with Crippen LogP contribution in [0.25, 0.3) is 0 Å². The summed E-state index contributed by atoms with van der Waals surface area (Å²) in [5.74, 6) is 0.292. The highest BCUT2D eigenvalue weighted by atomic mass is 35.5. The molecule has 0 unspecified atom stereocenters. The third-order valence-corrected chi connectivity index (χ3v) is 4.09. The number of nitrogen functional groups attached to an aromatic ring is 1. The predicted molar refractivity (Wildman–Crippen MR) is 79.2 cm³/mol. The molecule has 0 atom stereocenters. The maximum atomic E-state index is 13.2. The summed E-state index contributed by atoms with van der Waals surface area (Å²) in [4.78, 5) is 2.36. The summed E-state index contributed by atoms with van der Waals surface area (Å²) in [5.41, 5.74) is 6.89. The van der Waals surface area contributed by atoms with Gasteiger partial charge in [-0.2, -0.15) is 0 Å². The number of piperidine rings is 1. The van der Waals surface area contributed by atoms with Gasteiger partial charge in [-0.05, 0) is 51.4 Å². The molecule has 1 aliphatic heterocycles. The predicted octanol–water partition coefficient (Wildman–Crippen LogP) is 3.21. The molecule has 106 valence electrons. The summed E-state index contributed by atoms with van der Waals surface area (Å²) in [6.07, 6.45) is 3.61. The van der Waals surface area contributed by atoms with Gasteiger partial charge in [0.05, 0.1) is 16.4 Å². The second kappa shape index (κ2) is 6.44. The van der Waals surface area contributed by atoms with E-state index in [0.29, 0.717) is 5.69 Å². The number of anilines is 2. The summed E-state index contributed by atoms with van der Waals surface area (Å²) in [6, 6.07) is 2.82. The third-order valence-electron chi connectivity index (χ3n) is 3.80. The van der Waals surface area contributed by atoms with Crippen molar-refractivity contribution in [3.8, 4) is 0 Å². The molecule has 1 heterocycles. The van der Waals surface area contributed by atoms with Crippen LogP contribution in [0.2, 0.25) is 5.02 Å². The Balaban J connectivity index is 1.81. The number of hydrogen-bond donors (Lipinski definition) is 2. The molecule has 3 nitrogen and oxygen atoms in total. The van der Waals surface area contributed by atoms with Gasteiger partial charge in [0.15, 0.2) is 0 Å². The number of nitrogens with two attached hydrogens (primary N) is 1. The van der Waals surface area contributed by atoms with Crippen LogP contribution in [0.5, 0.6) is 0 Å². The normalized spacial score (nSPS) is 17.6. The molecule has 0 aliphatic carbocycles. The van der Waals surface area contributed by atoms with Crippen LogP contribution in [0.1, 0.15) is 19.3 Å². The number of rotatable bonds is 4. The highest BCUT2D eigenvalue weighted by Gasteiger charge is 2.16. The van der Waals surface area contributed by atoms with Crippen molar-refractivity contribution in [1.82, 2.24) is 4.90 Å². The summed E-state index contributed by atoms with van der Waals surface area (Å²) >= 11 is 5.75. The Morgan fingerprint density at radius 1 is 1.42 bits per heavy atom. The first-order valence-electron chi connectivity index (χ1n) is 6.73. The van der Waals surface area contributed by atoms with Crippen LogP contribution < -0.4 is 11.1 Å². The van der Waals surface area contributed by atoms with Crippen molar-refractivity contribution in [1.29, 1.82) is 0 Å². The molecule has 1 aliphatic rings. The molecule has 0 spiro atoms. The molecule has 19 heavy (non-hydrogen) atoms. The fourth-order valence-electron chi connectivity index (χ4n) is 2.48. The van der Waals surface area contributed by atoms with Crippen LogP contribution in [-0.4, -0.2) is 31.6 Å². The van der Waals surface area contributed by atoms with Crippen LogP contribution in [0.15, 0.2) is 12.1 Å². The molecule has 1 aromatic rings. The lowest BCUT2D eigenvalue weighted by molar-refractivity contribution is 0.215. The topological polar surface area (TPSA) is 41.3 Å². The van der Waals surface area contributed by atoms with Crippen molar-refractivity contribution < 1.29 is 4.39 Å². The first kappa shape index (κ1) is 14.4. The average Bonchev–Trinajstić information content (AvgIpc) is 2.38. The van der Waals surface area contributed by atoms with Crippen molar-refractivity contribution in [2.45, 2.75) is 19.3 Å². The SMILES string of the molecule is CN1CCC(CCNc2cc(Cl)c(F)cc2N)CC1. The summed E-state index contributed by atoms with van der Waals surface area (Å²) in [5, 5.41) is 3.36. The van der Waals surface area contributed by atoms with E-state index in [9.17, 15) is 4.39 Å². The van der Waals surface area contributed by atoms with E-state index in [4.69, 9.17) is 17.3 Å². The van der Waals surface area contributed by atoms with Gasteiger partial charge in [0.2, 0.25) is 0 Å². The van der Waals surface area contributed by atoms with Crippen molar-refractivity contribution in [2.24, 2.45) is 5.92 Å². The highest BCUT2D eigenvalue weighted by Crippen LogP contribution is 2.27. The Kier molecular flexibility index (Phi) is 4.88. The van der Waals surface area contributed by atoms with Gasteiger partial charge in [0.25, 0.3) is 0 Å². The molecular weight excluding hydrogens is 265 g/mol. The largest absolute Gasteiger partial charge is 0.397 e. The first-order valence-corrected chi connectivity index (χ1v) is 7.11. The molecule has 3 N–H and O–H groups in total. The fraction of sp³-hybridized carbons (Fsp3) is 0.571. The lowest BCUT2D eigenvalue weighted by atomic mass is 9.94. The van der Waals surface area contributed by atoms with Crippen LogP contribution >= 0.6 is 11.6 Å². The number of nitrogens with one attached hydrogen (secondary N) is 1. The second-order valence-electron chi connectivity index (χ2n) is 5.32. The number of likely N-dealkylation sites (tertiary alicyclic amines) is 1. The van der Waals surface area contributed by atoms with Gasteiger partial charge in [-0.25, -0.2) is 4.39 Å². The van der Waals surface area contributed by atoms with E-state index in [2.05, 4.69) is 17.3 Å². The van der Waals surface area contributed by atoms with Gasteiger partial charge in [-0.3, -0.25) is 0 Å². The van der Waals surface area contributed by atoms with Gasteiger partial charge in [0.1, 0.15) is 5.82 Å². The van der Waals surface area contributed by atoms with E-state index in [1.165, 1.54) is 32.0 Å².